The number of fused-ring (bicyclic) bond motifs is 1. The normalized spacial score (nSPS) is 36.0. The molecular formula is C8H9Br2NO3S. The van der Waals surface area contributed by atoms with Crippen LogP contribution in [0.4, 0.5) is 0 Å². The highest BCUT2D eigenvalue weighted by Crippen LogP contribution is 2.60. The zero-order chi connectivity index (χ0) is 11.6. The van der Waals surface area contributed by atoms with E-state index in [1.165, 1.54) is 16.7 Å². The predicted molar refractivity (Wildman–Crippen MR) is 64.3 cm³/mol. The van der Waals surface area contributed by atoms with Crippen LogP contribution in [0.5, 0.6) is 0 Å². The van der Waals surface area contributed by atoms with Crippen LogP contribution in [0.2, 0.25) is 0 Å². The molecule has 1 N–H and O–H groups in total. The second kappa shape index (κ2) is 3.13. The lowest BCUT2D eigenvalue weighted by molar-refractivity contribution is -0.157. The molecule has 0 aromatic carbocycles. The van der Waals surface area contributed by atoms with Crippen molar-refractivity contribution in [3.63, 3.8) is 0 Å². The first-order valence-corrected chi connectivity index (χ1v) is 6.77. The third-order valence-electron chi connectivity index (χ3n) is 2.67. The number of rotatable bonds is 1. The smallest absolute Gasteiger partial charge is 0.327 e. The molecule has 0 radical (unpaired) electrons. The molecule has 0 aliphatic carbocycles. The Bertz CT molecular complexity index is 358. The molecule has 2 saturated heterocycles. The first-order valence-electron chi connectivity index (χ1n) is 4.31. The van der Waals surface area contributed by atoms with Crippen molar-refractivity contribution >= 4 is 55.5 Å². The summed E-state index contributed by atoms with van der Waals surface area (Å²) in [6.45, 7) is 3.69. The van der Waals surface area contributed by atoms with Crippen molar-refractivity contribution in [1.82, 2.24) is 4.90 Å². The molecule has 1 amide bonds. The fraction of sp³-hybridized carbons (Fsp3) is 0.750. The van der Waals surface area contributed by atoms with E-state index in [0.29, 0.717) is 0 Å². The average molecular weight is 359 g/mol. The van der Waals surface area contributed by atoms with Crippen LogP contribution in [0.15, 0.2) is 0 Å². The Morgan fingerprint density at radius 2 is 2.07 bits per heavy atom. The number of aliphatic carboxylic acids is 1. The van der Waals surface area contributed by atoms with Crippen molar-refractivity contribution in [3.05, 3.63) is 0 Å². The molecule has 0 unspecified atom stereocenters. The molecule has 0 aromatic rings. The number of hydrogen-bond donors (Lipinski definition) is 1. The third kappa shape index (κ3) is 1.39. The molecular weight excluding hydrogens is 350 g/mol. The largest absolute Gasteiger partial charge is 0.480 e. The minimum Gasteiger partial charge on any atom is -0.480 e. The Hall–Kier alpha value is 0.250. The van der Waals surface area contributed by atoms with E-state index in [0.717, 1.165) is 0 Å². The van der Waals surface area contributed by atoms with Gasteiger partial charge < -0.3 is 10.0 Å². The number of amides is 1. The number of nitrogens with zero attached hydrogens (tertiary/aromatic N) is 1. The number of β-lactam (4-membered cyclic amide) rings is 1. The summed E-state index contributed by atoms with van der Waals surface area (Å²) in [5.41, 5.74) is 0. The van der Waals surface area contributed by atoms with Gasteiger partial charge in [0, 0.05) is 4.75 Å². The minimum atomic E-state index is -0.946. The van der Waals surface area contributed by atoms with Gasteiger partial charge in [-0.2, -0.15) is 0 Å². The van der Waals surface area contributed by atoms with Gasteiger partial charge in [0.25, 0.3) is 5.91 Å². The molecule has 4 nitrogen and oxygen atoms in total. The first-order chi connectivity index (χ1) is 6.69. The number of carbonyl (C=O) groups is 2. The maximum Gasteiger partial charge on any atom is 0.327 e. The summed E-state index contributed by atoms with van der Waals surface area (Å²) in [6.07, 6.45) is 0. The summed E-state index contributed by atoms with van der Waals surface area (Å²) in [5.74, 6) is -1.16. The zero-order valence-electron chi connectivity index (χ0n) is 8.03. The standard InChI is InChI=1S/C8H9Br2NO3S/c1-7(2)3(4(12)13)11-5(14)8(9,10)6(11)15-7/h3,6H,1-2H3,(H,12,13)/t3-,6+/m1/s1. The Morgan fingerprint density at radius 3 is 2.53 bits per heavy atom. The molecule has 0 spiro atoms. The molecule has 2 aliphatic heterocycles. The highest BCUT2D eigenvalue weighted by Gasteiger charge is 2.69. The van der Waals surface area contributed by atoms with Gasteiger partial charge >= 0.3 is 5.97 Å². The van der Waals surface area contributed by atoms with E-state index in [9.17, 15) is 9.59 Å². The van der Waals surface area contributed by atoms with E-state index in [-0.39, 0.29) is 11.3 Å². The van der Waals surface area contributed by atoms with Crippen molar-refractivity contribution in [2.75, 3.05) is 0 Å². The maximum absolute atomic E-state index is 11.7. The molecule has 7 heteroatoms. The molecule has 0 bridgehead atoms. The third-order valence-corrected chi connectivity index (χ3v) is 6.45. The molecule has 15 heavy (non-hydrogen) atoms. The molecule has 84 valence electrons. The van der Waals surface area contributed by atoms with Crippen LogP contribution in [0, 0.1) is 0 Å². The van der Waals surface area contributed by atoms with Gasteiger partial charge in [-0.1, -0.05) is 31.9 Å². The zero-order valence-corrected chi connectivity index (χ0v) is 12.0. The summed E-state index contributed by atoms with van der Waals surface area (Å²) in [6, 6.07) is -0.747. The van der Waals surface area contributed by atoms with E-state index >= 15 is 0 Å². The monoisotopic (exact) mass is 357 g/mol. The van der Waals surface area contributed by atoms with Gasteiger partial charge in [-0.25, -0.2) is 4.79 Å². The number of carboxylic acids is 1. The van der Waals surface area contributed by atoms with E-state index < -0.39 is 20.0 Å². The molecule has 2 aliphatic rings. The van der Waals surface area contributed by atoms with Gasteiger partial charge in [-0.15, -0.1) is 11.8 Å². The molecule has 2 rings (SSSR count). The van der Waals surface area contributed by atoms with E-state index in [1.807, 2.05) is 13.8 Å². The van der Waals surface area contributed by atoms with Gasteiger partial charge in [0.05, 0.1) is 0 Å². The minimum absolute atomic E-state index is 0.152. The summed E-state index contributed by atoms with van der Waals surface area (Å²) < 4.78 is -1.25. The van der Waals surface area contributed by atoms with Crippen molar-refractivity contribution < 1.29 is 14.7 Å². The number of thioether (sulfide) groups is 1. The van der Waals surface area contributed by atoms with Crippen LogP contribution in [0.1, 0.15) is 13.8 Å². The van der Waals surface area contributed by atoms with E-state index in [1.54, 1.807) is 0 Å². The summed E-state index contributed by atoms with van der Waals surface area (Å²) in [7, 11) is 0. The van der Waals surface area contributed by atoms with Gasteiger partial charge in [-0.3, -0.25) is 4.79 Å². The highest BCUT2D eigenvalue weighted by molar-refractivity contribution is 9.26. The van der Waals surface area contributed by atoms with E-state index in [2.05, 4.69) is 31.9 Å². The van der Waals surface area contributed by atoms with Crippen molar-refractivity contribution in [3.8, 4) is 0 Å². The number of halogens is 2. The Kier molecular flexibility index (Phi) is 2.45. The Labute approximate surface area is 108 Å². The number of carbonyl (C=O) groups excluding carboxylic acids is 1. The average Bonchev–Trinajstić information content (AvgIpc) is 2.35. The quantitative estimate of drug-likeness (QED) is 0.571. The van der Waals surface area contributed by atoms with Crippen LogP contribution in [0.3, 0.4) is 0 Å². The Morgan fingerprint density at radius 1 is 1.53 bits per heavy atom. The SMILES string of the molecule is CC1(C)S[C@@H]2N(C(=O)C2(Br)Br)[C@@H]1C(=O)O. The van der Waals surface area contributed by atoms with Crippen molar-refractivity contribution in [2.24, 2.45) is 0 Å². The van der Waals surface area contributed by atoms with Gasteiger partial charge in [0.1, 0.15) is 11.4 Å². The van der Waals surface area contributed by atoms with Crippen LogP contribution >= 0.6 is 43.6 Å². The lowest BCUT2D eigenvalue weighted by atomic mass is 9.98. The van der Waals surface area contributed by atoms with Crippen LogP contribution < -0.4 is 0 Å². The van der Waals surface area contributed by atoms with Crippen LogP contribution in [-0.4, -0.2) is 41.3 Å². The summed E-state index contributed by atoms with van der Waals surface area (Å²) >= 11 is 8.05. The molecule has 0 aromatic heterocycles. The fourth-order valence-corrected chi connectivity index (χ4v) is 4.89. The topological polar surface area (TPSA) is 57.6 Å². The lowest BCUT2D eigenvalue weighted by Gasteiger charge is -2.46. The lowest BCUT2D eigenvalue weighted by Crippen LogP contribution is -2.68. The number of alkyl halides is 2. The number of carboxylic acid groups (broad SMARTS) is 1. The summed E-state index contributed by atoms with van der Waals surface area (Å²) in [5, 5.41) is 8.97. The number of hydrogen-bond acceptors (Lipinski definition) is 3. The maximum atomic E-state index is 11.7. The second-order valence-corrected chi connectivity index (χ2v) is 9.45. The van der Waals surface area contributed by atoms with Gasteiger partial charge in [-0.05, 0) is 13.8 Å². The van der Waals surface area contributed by atoms with Crippen LogP contribution in [0.25, 0.3) is 0 Å². The van der Waals surface area contributed by atoms with Crippen molar-refractivity contribution in [2.45, 2.75) is 33.2 Å². The fourth-order valence-electron chi connectivity index (χ4n) is 1.98. The van der Waals surface area contributed by atoms with Crippen molar-refractivity contribution in [1.29, 1.82) is 0 Å². The molecule has 2 atom stereocenters. The molecule has 2 heterocycles. The highest BCUT2D eigenvalue weighted by atomic mass is 79.9. The molecule has 2 fully saturated rings. The second-order valence-electron chi connectivity index (χ2n) is 4.15. The van der Waals surface area contributed by atoms with Gasteiger partial charge in [0.15, 0.2) is 3.23 Å². The van der Waals surface area contributed by atoms with Crippen LogP contribution in [-0.2, 0) is 9.59 Å². The molecule has 0 saturated carbocycles. The predicted octanol–water partition coefficient (Wildman–Crippen LogP) is 1.62. The van der Waals surface area contributed by atoms with E-state index in [4.69, 9.17) is 5.11 Å². The van der Waals surface area contributed by atoms with Gasteiger partial charge in [0.2, 0.25) is 0 Å². The Balaban J connectivity index is 2.37. The first kappa shape index (κ1) is 11.7. The summed E-state index contributed by atoms with van der Waals surface area (Å²) in [4.78, 5) is 24.3.